The molecule has 2 aromatic rings. The van der Waals surface area contributed by atoms with Crippen molar-refractivity contribution in [2.75, 3.05) is 46.9 Å². The predicted octanol–water partition coefficient (Wildman–Crippen LogP) is 2.09. The smallest absolute Gasteiger partial charge is 0.188 e. The van der Waals surface area contributed by atoms with E-state index in [1.807, 2.05) is 12.1 Å². The van der Waals surface area contributed by atoms with Gasteiger partial charge in [-0.3, -0.25) is 4.90 Å². The van der Waals surface area contributed by atoms with Crippen LogP contribution >= 0.6 is 0 Å². The molecule has 0 radical (unpaired) electrons. The van der Waals surface area contributed by atoms with Crippen LogP contribution in [-0.2, 0) is 19.5 Å². The Morgan fingerprint density at radius 1 is 0.966 bits per heavy atom. The van der Waals surface area contributed by atoms with Gasteiger partial charge in [0, 0.05) is 39.3 Å². The number of hydrogen-bond acceptors (Lipinski definition) is 4. The van der Waals surface area contributed by atoms with Gasteiger partial charge in [-0.1, -0.05) is 36.4 Å². The average molecular weight is 396 g/mol. The maximum atomic E-state index is 6.00. The molecule has 29 heavy (non-hydrogen) atoms. The Bertz CT molecular complexity index is 765. The molecule has 0 aromatic heterocycles. The Morgan fingerprint density at radius 3 is 2.24 bits per heavy atom. The quantitative estimate of drug-likeness (QED) is 0.529. The molecule has 156 valence electrons. The van der Waals surface area contributed by atoms with Crippen LogP contribution in [0.5, 0.6) is 5.75 Å². The maximum Gasteiger partial charge on any atom is 0.188 e. The molecule has 0 spiro atoms. The molecule has 0 saturated carbocycles. The van der Waals surface area contributed by atoms with Gasteiger partial charge in [-0.25, -0.2) is 4.99 Å². The van der Waals surface area contributed by atoms with Crippen molar-refractivity contribution < 1.29 is 4.74 Å². The number of aliphatic imine (C=N–C) groups is 1. The van der Waals surface area contributed by atoms with Gasteiger partial charge in [0.25, 0.3) is 0 Å². The molecule has 0 aliphatic carbocycles. The highest BCUT2D eigenvalue weighted by atomic mass is 16.5. The van der Waals surface area contributed by atoms with E-state index in [2.05, 4.69) is 63.6 Å². The molecule has 0 unspecified atom stereocenters. The van der Waals surface area contributed by atoms with E-state index in [0.717, 1.165) is 51.4 Å². The Kier molecular flexibility index (Phi) is 7.90. The minimum atomic E-state index is 0.486. The van der Waals surface area contributed by atoms with Crippen LogP contribution in [0.2, 0.25) is 0 Å². The van der Waals surface area contributed by atoms with Crippen molar-refractivity contribution in [1.29, 1.82) is 0 Å². The molecule has 3 N–H and O–H groups in total. The molecule has 1 saturated heterocycles. The van der Waals surface area contributed by atoms with Crippen molar-refractivity contribution >= 4 is 5.96 Å². The third kappa shape index (κ3) is 7.07. The number of nitrogens with zero attached hydrogens (tertiary/aromatic N) is 3. The van der Waals surface area contributed by atoms with E-state index in [0.29, 0.717) is 12.5 Å². The molecule has 1 aliphatic rings. The van der Waals surface area contributed by atoms with Gasteiger partial charge < -0.3 is 20.7 Å². The summed E-state index contributed by atoms with van der Waals surface area (Å²) in [6, 6.07) is 16.8. The number of likely N-dealkylation sites (N-methyl/N-ethyl adjacent to an activating group) is 1. The molecule has 2 aromatic carbocycles. The Morgan fingerprint density at radius 2 is 1.59 bits per heavy atom. The second kappa shape index (κ2) is 10.8. The topological polar surface area (TPSA) is 66.1 Å². The zero-order valence-electron chi connectivity index (χ0n) is 17.6. The summed E-state index contributed by atoms with van der Waals surface area (Å²) in [5, 5.41) is 3.18. The summed E-state index contributed by atoms with van der Waals surface area (Å²) in [4.78, 5) is 9.35. The van der Waals surface area contributed by atoms with E-state index in [9.17, 15) is 0 Å². The number of benzene rings is 2. The first-order valence-corrected chi connectivity index (χ1v) is 10.3. The van der Waals surface area contributed by atoms with Gasteiger partial charge in [0.15, 0.2) is 5.96 Å². The van der Waals surface area contributed by atoms with Crippen molar-refractivity contribution in [3.8, 4) is 5.75 Å². The lowest BCUT2D eigenvalue weighted by molar-refractivity contribution is 0.148. The fraction of sp³-hybridized carbons (Fsp3) is 0.435. The van der Waals surface area contributed by atoms with Crippen LogP contribution < -0.4 is 15.8 Å². The summed E-state index contributed by atoms with van der Waals surface area (Å²) in [6.45, 7) is 6.95. The third-order valence-electron chi connectivity index (χ3n) is 5.34. The van der Waals surface area contributed by atoms with Gasteiger partial charge in [0.1, 0.15) is 5.75 Å². The standard InChI is InChI=1S/C23H33N5O/c1-27-13-15-28(16-14-27)18-21-5-3-20(4-6-21)17-26-23(24)25-12-11-19-7-9-22(29-2)10-8-19/h3-10H,11-18H2,1-2H3,(H3,24,25,26). The summed E-state index contributed by atoms with van der Waals surface area (Å²) >= 11 is 0. The van der Waals surface area contributed by atoms with Crippen molar-refractivity contribution in [3.63, 3.8) is 0 Å². The lowest BCUT2D eigenvalue weighted by Crippen LogP contribution is -2.43. The van der Waals surface area contributed by atoms with Crippen molar-refractivity contribution in [2.45, 2.75) is 19.5 Å². The first-order chi connectivity index (χ1) is 14.1. The van der Waals surface area contributed by atoms with Gasteiger partial charge in [0.05, 0.1) is 13.7 Å². The Hall–Kier alpha value is -2.57. The third-order valence-corrected chi connectivity index (χ3v) is 5.34. The molecule has 6 heteroatoms. The molecule has 3 rings (SSSR count). The summed E-state index contributed by atoms with van der Waals surface area (Å²) in [6.07, 6.45) is 0.890. The Balaban J connectivity index is 1.39. The minimum absolute atomic E-state index is 0.486. The number of rotatable bonds is 8. The number of nitrogens with two attached hydrogens (primary N) is 1. The fourth-order valence-corrected chi connectivity index (χ4v) is 3.37. The lowest BCUT2D eigenvalue weighted by Gasteiger charge is -2.32. The molecule has 1 heterocycles. The van der Waals surface area contributed by atoms with Gasteiger partial charge in [-0.2, -0.15) is 0 Å². The van der Waals surface area contributed by atoms with E-state index in [-0.39, 0.29) is 0 Å². The van der Waals surface area contributed by atoms with Crippen LogP contribution in [0.4, 0.5) is 0 Å². The number of nitrogens with one attached hydrogen (secondary N) is 1. The molecule has 1 fully saturated rings. The normalized spacial score (nSPS) is 16.0. The van der Waals surface area contributed by atoms with E-state index in [1.165, 1.54) is 16.7 Å². The van der Waals surface area contributed by atoms with Crippen molar-refractivity contribution in [1.82, 2.24) is 15.1 Å². The van der Waals surface area contributed by atoms with Crippen LogP contribution in [0.25, 0.3) is 0 Å². The monoisotopic (exact) mass is 395 g/mol. The molecule has 6 nitrogen and oxygen atoms in total. The molecule has 0 amide bonds. The molecule has 0 bridgehead atoms. The number of methoxy groups -OCH3 is 1. The van der Waals surface area contributed by atoms with E-state index in [1.54, 1.807) is 7.11 Å². The van der Waals surface area contributed by atoms with E-state index < -0.39 is 0 Å². The highest BCUT2D eigenvalue weighted by Gasteiger charge is 2.13. The molecule has 1 aliphatic heterocycles. The van der Waals surface area contributed by atoms with Gasteiger partial charge in [-0.15, -0.1) is 0 Å². The van der Waals surface area contributed by atoms with Crippen LogP contribution in [0.15, 0.2) is 53.5 Å². The second-order valence-corrected chi connectivity index (χ2v) is 7.62. The van der Waals surface area contributed by atoms with E-state index >= 15 is 0 Å². The second-order valence-electron chi connectivity index (χ2n) is 7.62. The number of piperazine rings is 1. The van der Waals surface area contributed by atoms with Crippen molar-refractivity contribution in [2.24, 2.45) is 10.7 Å². The lowest BCUT2D eigenvalue weighted by atomic mass is 10.1. The first-order valence-electron chi connectivity index (χ1n) is 10.3. The zero-order chi connectivity index (χ0) is 20.5. The number of guanidine groups is 1. The van der Waals surface area contributed by atoms with Crippen molar-refractivity contribution in [3.05, 3.63) is 65.2 Å². The van der Waals surface area contributed by atoms with Gasteiger partial charge in [-0.05, 0) is 42.3 Å². The summed E-state index contributed by atoms with van der Waals surface area (Å²) in [7, 11) is 3.86. The van der Waals surface area contributed by atoms with Crippen LogP contribution in [0.1, 0.15) is 16.7 Å². The SMILES string of the molecule is COc1ccc(CCNC(N)=NCc2ccc(CN3CCN(C)CC3)cc2)cc1. The van der Waals surface area contributed by atoms with Crippen LogP contribution in [0.3, 0.4) is 0 Å². The van der Waals surface area contributed by atoms with Gasteiger partial charge in [0.2, 0.25) is 0 Å². The van der Waals surface area contributed by atoms with Crippen LogP contribution in [0, 0.1) is 0 Å². The Labute approximate surface area is 174 Å². The molecular formula is C23H33N5O. The number of ether oxygens (including phenoxy) is 1. The minimum Gasteiger partial charge on any atom is -0.497 e. The molecule has 0 atom stereocenters. The summed E-state index contributed by atoms with van der Waals surface area (Å²) in [5.74, 6) is 1.36. The predicted molar refractivity (Wildman–Crippen MR) is 119 cm³/mol. The van der Waals surface area contributed by atoms with E-state index in [4.69, 9.17) is 10.5 Å². The largest absolute Gasteiger partial charge is 0.497 e. The van der Waals surface area contributed by atoms with Gasteiger partial charge >= 0.3 is 0 Å². The fourth-order valence-electron chi connectivity index (χ4n) is 3.37. The maximum absolute atomic E-state index is 6.00. The first kappa shape index (κ1) is 21.1. The summed E-state index contributed by atoms with van der Waals surface area (Å²) in [5.41, 5.74) is 9.77. The summed E-state index contributed by atoms with van der Waals surface area (Å²) < 4.78 is 5.18. The highest BCUT2D eigenvalue weighted by molar-refractivity contribution is 5.77. The highest BCUT2D eigenvalue weighted by Crippen LogP contribution is 2.12. The van der Waals surface area contributed by atoms with Crippen LogP contribution in [-0.4, -0.2) is 62.6 Å². The average Bonchev–Trinajstić information content (AvgIpc) is 2.75. The number of hydrogen-bond donors (Lipinski definition) is 2. The zero-order valence-corrected chi connectivity index (χ0v) is 17.6. The molecular weight excluding hydrogens is 362 g/mol.